The molecule has 2 aromatic carbocycles. The molecule has 134 valence electrons. The Kier molecular flexibility index (Phi) is 5.95. The van der Waals surface area contributed by atoms with Crippen LogP contribution in [0.2, 0.25) is 0 Å². The van der Waals surface area contributed by atoms with Gasteiger partial charge in [0.25, 0.3) is 0 Å². The van der Waals surface area contributed by atoms with Gasteiger partial charge in [-0.15, -0.1) is 0 Å². The van der Waals surface area contributed by atoms with Gasteiger partial charge in [0.15, 0.2) is 0 Å². The molecule has 0 spiro atoms. The van der Waals surface area contributed by atoms with Crippen LogP contribution >= 0.6 is 0 Å². The van der Waals surface area contributed by atoms with Gasteiger partial charge in [-0.1, -0.05) is 24.3 Å². The minimum absolute atomic E-state index is 0.128. The first kappa shape index (κ1) is 17.8. The van der Waals surface area contributed by atoms with Gasteiger partial charge < -0.3 is 20.7 Å². The van der Waals surface area contributed by atoms with Gasteiger partial charge in [0.05, 0.1) is 6.61 Å². The summed E-state index contributed by atoms with van der Waals surface area (Å²) in [6.07, 6.45) is 3.82. The van der Waals surface area contributed by atoms with Crippen LogP contribution < -0.4 is 10.5 Å². The van der Waals surface area contributed by atoms with Crippen LogP contribution in [0.5, 0.6) is 11.5 Å². The molecule has 0 saturated heterocycles. The smallest absolute Gasteiger partial charge is 0.119 e. The molecule has 1 aliphatic rings. The van der Waals surface area contributed by atoms with Gasteiger partial charge in [-0.05, 0) is 66.5 Å². The van der Waals surface area contributed by atoms with Crippen molar-refractivity contribution in [2.75, 3.05) is 13.2 Å². The van der Waals surface area contributed by atoms with E-state index < -0.39 is 0 Å². The monoisotopic (exact) mass is 341 g/mol. The SMILES string of the molecule is N[C@@H]1CC[C@@H](c2ccc(OCCc3ccc(O)cc3)cc2)CC1CO. The van der Waals surface area contributed by atoms with Gasteiger partial charge in [-0.3, -0.25) is 0 Å². The minimum atomic E-state index is 0.128. The molecule has 4 N–H and O–H groups in total. The van der Waals surface area contributed by atoms with E-state index in [-0.39, 0.29) is 24.3 Å². The van der Waals surface area contributed by atoms with Crippen LogP contribution in [0.1, 0.15) is 36.3 Å². The number of hydrogen-bond donors (Lipinski definition) is 3. The average molecular weight is 341 g/mol. The molecule has 0 aromatic heterocycles. The Morgan fingerprint density at radius 2 is 1.72 bits per heavy atom. The zero-order chi connectivity index (χ0) is 17.6. The second-order valence-corrected chi connectivity index (χ2v) is 6.95. The van der Waals surface area contributed by atoms with E-state index >= 15 is 0 Å². The van der Waals surface area contributed by atoms with Crippen molar-refractivity contribution in [1.82, 2.24) is 0 Å². The number of ether oxygens (including phenoxy) is 1. The Morgan fingerprint density at radius 1 is 1.00 bits per heavy atom. The summed E-state index contributed by atoms with van der Waals surface area (Å²) >= 11 is 0. The van der Waals surface area contributed by atoms with E-state index in [9.17, 15) is 10.2 Å². The maximum absolute atomic E-state index is 9.46. The molecule has 0 radical (unpaired) electrons. The molecular formula is C21H27NO3. The van der Waals surface area contributed by atoms with Crippen molar-refractivity contribution in [1.29, 1.82) is 0 Å². The van der Waals surface area contributed by atoms with Gasteiger partial charge in [-0.2, -0.15) is 0 Å². The van der Waals surface area contributed by atoms with Crippen LogP contribution in [0, 0.1) is 5.92 Å². The summed E-state index contributed by atoms with van der Waals surface area (Å²) in [6, 6.07) is 15.6. The lowest BCUT2D eigenvalue weighted by Gasteiger charge is -2.33. The van der Waals surface area contributed by atoms with Gasteiger partial charge in [0.2, 0.25) is 0 Å². The fourth-order valence-corrected chi connectivity index (χ4v) is 3.59. The molecule has 1 unspecified atom stereocenters. The summed E-state index contributed by atoms with van der Waals surface area (Å²) in [5.41, 5.74) is 8.51. The first-order valence-corrected chi connectivity index (χ1v) is 9.03. The van der Waals surface area contributed by atoms with Crippen LogP contribution in [0.4, 0.5) is 0 Å². The van der Waals surface area contributed by atoms with Crippen LogP contribution in [0.3, 0.4) is 0 Å². The fraction of sp³-hybridized carbons (Fsp3) is 0.429. The summed E-state index contributed by atoms with van der Waals surface area (Å²) in [5.74, 6) is 1.84. The van der Waals surface area contributed by atoms with Crippen molar-refractivity contribution >= 4 is 0 Å². The van der Waals surface area contributed by atoms with Crippen LogP contribution in [0.25, 0.3) is 0 Å². The number of rotatable bonds is 6. The number of aliphatic hydroxyl groups excluding tert-OH is 1. The highest BCUT2D eigenvalue weighted by Gasteiger charge is 2.28. The fourth-order valence-electron chi connectivity index (χ4n) is 3.59. The number of phenols is 1. The van der Waals surface area contributed by atoms with E-state index in [0.717, 1.165) is 37.0 Å². The summed E-state index contributed by atoms with van der Waals surface area (Å²) in [6.45, 7) is 0.783. The van der Waals surface area contributed by atoms with Gasteiger partial charge in [0, 0.05) is 19.1 Å². The zero-order valence-electron chi connectivity index (χ0n) is 14.5. The average Bonchev–Trinajstić information content (AvgIpc) is 2.64. The van der Waals surface area contributed by atoms with E-state index in [2.05, 4.69) is 12.1 Å². The number of benzene rings is 2. The Hall–Kier alpha value is -2.04. The summed E-state index contributed by atoms with van der Waals surface area (Å²) in [4.78, 5) is 0. The van der Waals surface area contributed by atoms with Crippen molar-refractivity contribution in [3.8, 4) is 11.5 Å². The number of hydrogen-bond acceptors (Lipinski definition) is 4. The molecule has 4 nitrogen and oxygen atoms in total. The van der Waals surface area contributed by atoms with Crippen molar-refractivity contribution < 1.29 is 14.9 Å². The highest BCUT2D eigenvalue weighted by atomic mass is 16.5. The van der Waals surface area contributed by atoms with E-state index in [1.54, 1.807) is 12.1 Å². The van der Waals surface area contributed by atoms with E-state index in [1.807, 2.05) is 24.3 Å². The van der Waals surface area contributed by atoms with Gasteiger partial charge in [-0.25, -0.2) is 0 Å². The molecule has 0 heterocycles. The summed E-state index contributed by atoms with van der Waals surface area (Å²) in [5, 5.41) is 18.8. The second-order valence-electron chi connectivity index (χ2n) is 6.95. The second kappa shape index (κ2) is 8.37. The minimum Gasteiger partial charge on any atom is -0.508 e. The van der Waals surface area contributed by atoms with Gasteiger partial charge in [0.1, 0.15) is 11.5 Å². The number of aromatic hydroxyl groups is 1. The van der Waals surface area contributed by atoms with E-state index in [4.69, 9.17) is 10.5 Å². The summed E-state index contributed by atoms with van der Waals surface area (Å²) < 4.78 is 5.82. The van der Waals surface area contributed by atoms with E-state index in [1.165, 1.54) is 5.56 Å². The lowest BCUT2D eigenvalue weighted by atomic mass is 9.76. The third-order valence-electron chi connectivity index (χ3n) is 5.22. The van der Waals surface area contributed by atoms with Crippen LogP contribution in [0.15, 0.2) is 48.5 Å². The maximum atomic E-state index is 9.46. The molecule has 1 saturated carbocycles. The Morgan fingerprint density at radius 3 is 2.40 bits per heavy atom. The highest BCUT2D eigenvalue weighted by molar-refractivity contribution is 5.30. The third kappa shape index (κ3) is 4.74. The maximum Gasteiger partial charge on any atom is 0.119 e. The highest BCUT2D eigenvalue weighted by Crippen LogP contribution is 2.36. The first-order chi connectivity index (χ1) is 12.2. The number of aliphatic hydroxyl groups is 1. The van der Waals surface area contributed by atoms with Crippen LogP contribution in [-0.4, -0.2) is 29.5 Å². The number of nitrogens with two attached hydrogens (primary N) is 1. The predicted octanol–water partition coefficient (Wildman–Crippen LogP) is 3.22. The molecule has 2 aromatic rings. The molecule has 3 rings (SSSR count). The Labute approximate surface area is 149 Å². The van der Waals surface area contributed by atoms with Crippen molar-refractivity contribution in [3.05, 3.63) is 59.7 Å². The lowest BCUT2D eigenvalue weighted by molar-refractivity contribution is 0.160. The third-order valence-corrected chi connectivity index (χ3v) is 5.22. The molecule has 1 aliphatic carbocycles. The Balaban J connectivity index is 1.51. The molecule has 25 heavy (non-hydrogen) atoms. The van der Waals surface area contributed by atoms with Crippen molar-refractivity contribution in [3.63, 3.8) is 0 Å². The lowest BCUT2D eigenvalue weighted by Crippen LogP contribution is -2.37. The number of phenolic OH excluding ortho intramolecular Hbond substituents is 1. The zero-order valence-corrected chi connectivity index (χ0v) is 14.5. The van der Waals surface area contributed by atoms with Crippen molar-refractivity contribution in [2.24, 2.45) is 11.7 Å². The quantitative estimate of drug-likeness (QED) is 0.754. The predicted molar refractivity (Wildman–Crippen MR) is 98.9 cm³/mol. The molecular weight excluding hydrogens is 314 g/mol. The molecule has 0 bridgehead atoms. The normalized spacial score (nSPS) is 23.4. The molecule has 1 fully saturated rings. The molecule has 3 atom stereocenters. The molecule has 0 amide bonds. The van der Waals surface area contributed by atoms with E-state index in [0.29, 0.717) is 12.5 Å². The Bertz CT molecular complexity index is 654. The first-order valence-electron chi connectivity index (χ1n) is 9.03. The topological polar surface area (TPSA) is 75.7 Å². The van der Waals surface area contributed by atoms with Crippen LogP contribution in [-0.2, 0) is 6.42 Å². The summed E-state index contributed by atoms with van der Waals surface area (Å²) in [7, 11) is 0. The van der Waals surface area contributed by atoms with Crippen molar-refractivity contribution in [2.45, 2.75) is 37.6 Å². The largest absolute Gasteiger partial charge is 0.508 e. The standard InChI is InChI=1S/C21H27NO3/c22-21-10-5-17(13-18(21)14-23)16-3-8-20(9-4-16)25-12-11-15-1-6-19(24)7-2-15/h1-4,6-9,17-18,21,23-24H,5,10-14,22H2/t17-,18?,21-/m1/s1. The molecule has 0 aliphatic heterocycles. The van der Waals surface area contributed by atoms with Gasteiger partial charge >= 0.3 is 0 Å². The molecule has 4 heteroatoms.